The Morgan fingerprint density at radius 1 is 1.14 bits per heavy atom. The lowest BCUT2D eigenvalue weighted by molar-refractivity contribution is -0.136. The fourth-order valence-corrected chi connectivity index (χ4v) is 2.97. The highest BCUT2D eigenvalue weighted by Gasteiger charge is 2.10. The van der Waals surface area contributed by atoms with Gasteiger partial charge in [0.05, 0.1) is 0 Å². The van der Waals surface area contributed by atoms with E-state index in [0.717, 1.165) is 24.9 Å². The molecule has 0 aromatic heterocycles. The van der Waals surface area contributed by atoms with Crippen LogP contribution in [-0.4, -0.2) is 12.6 Å². The number of esters is 1. The van der Waals surface area contributed by atoms with Crippen molar-refractivity contribution in [1.82, 2.24) is 0 Å². The second-order valence-electron chi connectivity index (χ2n) is 4.59. The van der Waals surface area contributed by atoms with Gasteiger partial charge in [-0.1, -0.05) is 15.9 Å². The summed E-state index contributed by atoms with van der Waals surface area (Å²) < 4.78 is 12.9. The number of carbonyl (C=O) groups excluding carboxylic acids is 1. The molecule has 2 aromatic rings. The lowest BCUT2D eigenvalue weighted by atomic mass is 10.1. The summed E-state index contributed by atoms with van der Waals surface area (Å²) in [5.41, 5.74) is 1.95. The smallest absolute Gasteiger partial charge is 0.349 e. The molecule has 5 heteroatoms. The molecule has 2 aromatic carbocycles. The third kappa shape index (κ3) is 4.71. The molecule has 3 nitrogen and oxygen atoms in total. The SMILES string of the molecule is Cc1cc(Br)cc(C)c1OCC(=O)Oc1ccc(I)cc1. The van der Waals surface area contributed by atoms with Crippen LogP contribution in [0.25, 0.3) is 0 Å². The van der Waals surface area contributed by atoms with Crippen molar-refractivity contribution in [2.75, 3.05) is 6.61 Å². The third-order valence-corrected chi connectivity index (χ3v) is 3.98. The zero-order chi connectivity index (χ0) is 15.4. The van der Waals surface area contributed by atoms with Crippen LogP contribution in [0, 0.1) is 17.4 Å². The molecule has 0 heterocycles. The van der Waals surface area contributed by atoms with Gasteiger partial charge in [-0.25, -0.2) is 4.79 Å². The van der Waals surface area contributed by atoms with Gasteiger partial charge in [-0.05, 0) is 84.0 Å². The summed E-state index contributed by atoms with van der Waals surface area (Å²) in [5, 5.41) is 0. The van der Waals surface area contributed by atoms with Gasteiger partial charge < -0.3 is 9.47 Å². The van der Waals surface area contributed by atoms with Crippen molar-refractivity contribution in [3.8, 4) is 11.5 Å². The van der Waals surface area contributed by atoms with Crippen LogP contribution in [0.4, 0.5) is 0 Å². The lowest BCUT2D eigenvalue weighted by Crippen LogP contribution is -2.18. The van der Waals surface area contributed by atoms with Crippen LogP contribution in [0.15, 0.2) is 40.9 Å². The predicted molar refractivity (Wildman–Crippen MR) is 93.9 cm³/mol. The quantitative estimate of drug-likeness (QED) is 0.378. The molecule has 0 fully saturated rings. The van der Waals surface area contributed by atoms with Crippen molar-refractivity contribution in [1.29, 1.82) is 0 Å². The van der Waals surface area contributed by atoms with E-state index in [0.29, 0.717) is 5.75 Å². The molecule has 0 saturated carbocycles. The molecular formula is C16H14BrIO3. The Morgan fingerprint density at radius 2 is 1.71 bits per heavy atom. The molecule has 0 unspecified atom stereocenters. The summed E-state index contributed by atoms with van der Waals surface area (Å²) in [7, 11) is 0. The topological polar surface area (TPSA) is 35.5 Å². The van der Waals surface area contributed by atoms with Crippen molar-refractivity contribution in [3.63, 3.8) is 0 Å². The molecule has 0 aliphatic carbocycles. The maximum atomic E-state index is 11.8. The minimum atomic E-state index is -0.419. The van der Waals surface area contributed by atoms with E-state index < -0.39 is 5.97 Å². The molecule has 0 atom stereocenters. The number of rotatable bonds is 4. The summed E-state index contributed by atoms with van der Waals surface area (Å²) in [6.45, 7) is 3.77. The average molecular weight is 461 g/mol. The first-order valence-electron chi connectivity index (χ1n) is 6.31. The second kappa shape index (κ2) is 7.26. The van der Waals surface area contributed by atoms with Gasteiger partial charge in [-0.15, -0.1) is 0 Å². The van der Waals surface area contributed by atoms with Crippen LogP contribution in [0.5, 0.6) is 11.5 Å². The summed E-state index contributed by atoms with van der Waals surface area (Å²) in [4.78, 5) is 11.8. The molecule has 0 spiro atoms. The number of carbonyl (C=O) groups is 1. The first kappa shape index (κ1) is 16.3. The number of aryl methyl sites for hydroxylation is 2. The van der Waals surface area contributed by atoms with Crippen molar-refractivity contribution in [2.45, 2.75) is 13.8 Å². The van der Waals surface area contributed by atoms with Gasteiger partial charge in [0.25, 0.3) is 0 Å². The maximum Gasteiger partial charge on any atom is 0.349 e. The molecule has 21 heavy (non-hydrogen) atoms. The number of hydrogen-bond acceptors (Lipinski definition) is 3. The Kier molecular flexibility index (Phi) is 5.64. The van der Waals surface area contributed by atoms with Gasteiger partial charge in [0.15, 0.2) is 6.61 Å². The molecule has 0 aliphatic heterocycles. The summed E-state index contributed by atoms with van der Waals surface area (Å²) in [6.07, 6.45) is 0. The third-order valence-electron chi connectivity index (χ3n) is 2.80. The zero-order valence-corrected chi connectivity index (χ0v) is 15.4. The highest BCUT2D eigenvalue weighted by molar-refractivity contribution is 14.1. The monoisotopic (exact) mass is 460 g/mol. The fraction of sp³-hybridized carbons (Fsp3) is 0.188. The molecule has 110 valence electrons. The van der Waals surface area contributed by atoms with E-state index >= 15 is 0 Å². The van der Waals surface area contributed by atoms with Crippen molar-refractivity contribution in [3.05, 3.63) is 55.6 Å². The highest BCUT2D eigenvalue weighted by Crippen LogP contribution is 2.27. The van der Waals surface area contributed by atoms with E-state index in [2.05, 4.69) is 38.5 Å². The molecule has 0 aliphatic rings. The summed E-state index contributed by atoms with van der Waals surface area (Å²) in [6, 6.07) is 11.2. The van der Waals surface area contributed by atoms with E-state index in [1.165, 1.54) is 0 Å². The Balaban J connectivity index is 1.97. The Labute approximate surface area is 145 Å². The van der Waals surface area contributed by atoms with E-state index in [4.69, 9.17) is 9.47 Å². The van der Waals surface area contributed by atoms with Gasteiger partial charge in [-0.2, -0.15) is 0 Å². The van der Waals surface area contributed by atoms with E-state index in [1.54, 1.807) is 12.1 Å². The predicted octanol–water partition coefficient (Wildman–Crippen LogP) is 4.65. The molecule has 0 bridgehead atoms. The van der Waals surface area contributed by atoms with Crippen molar-refractivity contribution >= 4 is 44.5 Å². The van der Waals surface area contributed by atoms with Crippen molar-refractivity contribution < 1.29 is 14.3 Å². The number of hydrogen-bond donors (Lipinski definition) is 0. The highest BCUT2D eigenvalue weighted by atomic mass is 127. The largest absolute Gasteiger partial charge is 0.481 e. The number of ether oxygens (including phenoxy) is 2. The van der Waals surface area contributed by atoms with Crippen LogP contribution < -0.4 is 9.47 Å². The summed E-state index contributed by atoms with van der Waals surface area (Å²) >= 11 is 5.62. The van der Waals surface area contributed by atoms with Crippen LogP contribution >= 0.6 is 38.5 Å². The molecule has 0 radical (unpaired) electrons. The van der Waals surface area contributed by atoms with Gasteiger partial charge >= 0.3 is 5.97 Å². The number of halogens is 2. The molecule has 0 N–H and O–H groups in total. The van der Waals surface area contributed by atoms with Gasteiger partial charge in [-0.3, -0.25) is 0 Å². The van der Waals surface area contributed by atoms with E-state index in [1.807, 2.05) is 38.1 Å². The van der Waals surface area contributed by atoms with Crippen LogP contribution in [-0.2, 0) is 4.79 Å². The molecule has 0 saturated heterocycles. The Hall–Kier alpha value is -1.08. The van der Waals surface area contributed by atoms with Crippen LogP contribution in [0.2, 0.25) is 0 Å². The normalized spacial score (nSPS) is 10.3. The second-order valence-corrected chi connectivity index (χ2v) is 6.75. The zero-order valence-electron chi connectivity index (χ0n) is 11.7. The summed E-state index contributed by atoms with van der Waals surface area (Å²) in [5.74, 6) is 0.823. The average Bonchev–Trinajstić information content (AvgIpc) is 2.40. The minimum Gasteiger partial charge on any atom is -0.481 e. The molecular weight excluding hydrogens is 447 g/mol. The molecule has 2 rings (SSSR count). The van der Waals surface area contributed by atoms with Crippen molar-refractivity contribution in [2.24, 2.45) is 0 Å². The van der Waals surface area contributed by atoms with Gasteiger partial charge in [0.1, 0.15) is 11.5 Å². The minimum absolute atomic E-state index is 0.116. The standard InChI is InChI=1S/C16H14BrIO3/c1-10-7-12(17)8-11(2)16(10)20-9-15(19)21-14-5-3-13(18)4-6-14/h3-8H,9H2,1-2H3. The molecule has 0 amide bonds. The maximum absolute atomic E-state index is 11.8. The van der Waals surface area contributed by atoms with Crippen LogP contribution in [0.1, 0.15) is 11.1 Å². The van der Waals surface area contributed by atoms with Crippen LogP contribution in [0.3, 0.4) is 0 Å². The van der Waals surface area contributed by atoms with Gasteiger partial charge in [0, 0.05) is 8.04 Å². The Bertz CT molecular complexity index is 630. The fourth-order valence-electron chi connectivity index (χ4n) is 1.92. The van der Waals surface area contributed by atoms with E-state index in [-0.39, 0.29) is 6.61 Å². The Morgan fingerprint density at radius 3 is 2.29 bits per heavy atom. The lowest BCUT2D eigenvalue weighted by Gasteiger charge is -2.12. The van der Waals surface area contributed by atoms with E-state index in [9.17, 15) is 4.79 Å². The van der Waals surface area contributed by atoms with Gasteiger partial charge in [0.2, 0.25) is 0 Å². The first-order chi connectivity index (χ1) is 9.95. The number of benzene rings is 2. The first-order valence-corrected chi connectivity index (χ1v) is 8.18.